The van der Waals surface area contributed by atoms with Crippen molar-refractivity contribution in [3.8, 4) is 0 Å². The van der Waals surface area contributed by atoms with Crippen molar-refractivity contribution in [3.63, 3.8) is 0 Å². The Labute approximate surface area is 122 Å². The van der Waals surface area contributed by atoms with Crippen LogP contribution in [0.2, 0.25) is 0 Å². The lowest BCUT2D eigenvalue weighted by molar-refractivity contribution is -0.298. The van der Waals surface area contributed by atoms with E-state index in [2.05, 4.69) is 13.8 Å². The van der Waals surface area contributed by atoms with Crippen molar-refractivity contribution in [1.29, 1.82) is 0 Å². The molecular weight excluding hydrogens is 258 g/mol. The van der Waals surface area contributed by atoms with Gasteiger partial charge in [0.1, 0.15) is 5.60 Å². The first-order chi connectivity index (χ1) is 8.93. The number of carbonyl (C=O) groups excluding carboxylic acids is 1. The summed E-state index contributed by atoms with van der Waals surface area (Å²) in [5, 5.41) is 0. The summed E-state index contributed by atoms with van der Waals surface area (Å²) in [5.74, 6) is -0.326. The van der Waals surface area contributed by atoms with Crippen molar-refractivity contribution >= 4 is 6.09 Å². The van der Waals surface area contributed by atoms with Gasteiger partial charge in [0.2, 0.25) is 0 Å². The van der Waals surface area contributed by atoms with Crippen molar-refractivity contribution in [2.24, 2.45) is 5.92 Å². The first kappa shape index (κ1) is 17.2. The normalized spacial score (nSPS) is 26.4. The monoisotopic (exact) mass is 287 g/mol. The van der Waals surface area contributed by atoms with E-state index in [0.29, 0.717) is 6.61 Å². The van der Waals surface area contributed by atoms with E-state index in [1.165, 1.54) is 0 Å². The fourth-order valence-electron chi connectivity index (χ4n) is 2.20. The van der Waals surface area contributed by atoms with E-state index < -0.39 is 11.4 Å². The molecule has 2 atom stereocenters. The second-order valence-electron chi connectivity index (χ2n) is 7.20. The Morgan fingerprint density at radius 3 is 2.35 bits per heavy atom. The molecule has 0 radical (unpaired) electrons. The third-order valence-corrected chi connectivity index (χ3v) is 3.24. The number of ether oxygens (including phenoxy) is 3. The summed E-state index contributed by atoms with van der Waals surface area (Å²) >= 11 is 0. The van der Waals surface area contributed by atoms with Crippen molar-refractivity contribution in [1.82, 2.24) is 4.90 Å². The standard InChI is InChI=1S/C15H29NO4/c1-10(2)12-11(9-18-15(6,7)19-12)16(8)13(17)20-14(3,4)5/h10-12H,9H2,1-8H3. The van der Waals surface area contributed by atoms with Gasteiger partial charge in [-0.3, -0.25) is 0 Å². The van der Waals surface area contributed by atoms with Gasteiger partial charge in [-0.15, -0.1) is 0 Å². The summed E-state index contributed by atoms with van der Waals surface area (Å²) in [6.07, 6.45) is -0.420. The predicted octanol–water partition coefficient (Wildman–Crippen LogP) is 3.03. The molecule has 0 spiro atoms. The Morgan fingerprint density at radius 1 is 1.35 bits per heavy atom. The number of rotatable bonds is 2. The highest BCUT2D eigenvalue weighted by Crippen LogP contribution is 2.29. The Balaban J connectivity index is 2.80. The molecule has 0 aromatic rings. The minimum atomic E-state index is -0.611. The Kier molecular flexibility index (Phi) is 5.08. The average molecular weight is 287 g/mol. The van der Waals surface area contributed by atoms with Gasteiger partial charge in [-0.1, -0.05) is 13.8 Å². The largest absolute Gasteiger partial charge is 0.444 e. The van der Waals surface area contributed by atoms with Gasteiger partial charge in [0.15, 0.2) is 5.79 Å². The zero-order chi connectivity index (χ0) is 15.7. The van der Waals surface area contributed by atoms with E-state index in [-0.39, 0.29) is 24.2 Å². The van der Waals surface area contributed by atoms with Crippen LogP contribution in [0.3, 0.4) is 0 Å². The van der Waals surface area contributed by atoms with Crippen LogP contribution in [-0.2, 0) is 14.2 Å². The lowest BCUT2D eigenvalue weighted by atomic mass is 9.97. The average Bonchev–Trinajstić information content (AvgIpc) is 2.24. The van der Waals surface area contributed by atoms with Gasteiger partial charge in [0.25, 0.3) is 0 Å². The molecule has 0 saturated carbocycles. The van der Waals surface area contributed by atoms with Crippen LogP contribution < -0.4 is 0 Å². The molecule has 20 heavy (non-hydrogen) atoms. The molecule has 5 heteroatoms. The SMILES string of the molecule is CC(C)C1OC(C)(C)OCC1N(C)C(=O)OC(C)(C)C. The van der Waals surface area contributed by atoms with Gasteiger partial charge in [-0.25, -0.2) is 4.79 Å². The zero-order valence-electron chi connectivity index (χ0n) is 14.0. The molecule has 118 valence electrons. The number of carbonyl (C=O) groups is 1. The molecule has 0 aromatic carbocycles. The minimum absolute atomic E-state index is 0.0729. The van der Waals surface area contributed by atoms with Crippen LogP contribution in [0, 0.1) is 5.92 Å². The summed E-state index contributed by atoms with van der Waals surface area (Å²) < 4.78 is 17.1. The number of nitrogens with zero attached hydrogens (tertiary/aromatic N) is 1. The predicted molar refractivity (Wildman–Crippen MR) is 77.5 cm³/mol. The highest BCUT2D eigenvalue weighted by atomic mass is 16.7. The van der Waals surface area contributed by atoms with Gasteiger partial charge in [0.05, 0.1) is 18.8 Å². The number of hydrogen-bond donors (Lipinski definition) is 0. The van der Waals surface area contributed by atoms with Crippen LogP contribution in [0.15, 0.2) is 0 Å². The van der Waals surface area contributed by atoms with Crippen LogP contribution in [0.5, 0.6) is 0 Å². The fraction of sp³-hybridized carbons (Fsp3) is 0.933. The van der Waals surface area contributed by atoms with E-state index in [1.807, 2.05) is 34.6 Å². The van der Waals surface area contributed by atoms with Crippen molar-refractivity contribution < 1.29 is 19.0 Å². The van der Waals surface area contributed by atoms with Gasteiger partial charge >= 0.3 is 6.09 Å². The van der Waals surface area contributed by atoms with Gasteiger partial charge in [-0.05, 0) is 40.5 Å². The van der Waals surface area contributed by atoms with Crippen LogP contribution in [0.4, 0.5) is 4.79 Å². The maximum atomic E-state index is 12.2. The quantitative estimate of drug-likeness (QED) is 0.783. The summed E-state index contributed by atoms with van der Waals surface area (Å²) in [7, 11) is 1.74. The van der Waals surface area contributed by atoms with Crippen LogP contribution in [-0.4, -0.2) is 48.2 Å². The third kappa shape index (κ3) is 4.63. The highest BCUT2D eigenvalue weighted by molar-refractivity contribution is 5.68. The van der Waals surface area contributed by atoms with Crippen LogP contribution >= 0.6 is 0 Å². The molecule has 1 fully saturated rings. The molecule has 1 aliphatic heterocycles. The fourth-order valence-corrected chi connectivity index (χ4v) is 2.20. The molecule has 0 aromatic heterocycles. The minimum Gasteiger partial charge on any atom is -0.444 e. The first-order valence-electron chi connectivity index (χ1n) is 7.20. The third-order valence-electron chi connectivity index (χ3n) is 3.24. The molecule has 1 aliphatic rings. The molecule has 1 saturated heterocycles. The molecular formula is C15H29NO4. The smallest absolute Gasteiger partial charge is 0.410 e. The summed E-state index contributed by atoms with van der Waals surface area (Å²) in [6.45, 7) is 14.0. The molecule has 0 bridgehead atoms. The maximum absolute atomic E-state index is 12.2. The molecule has 0 aliphatic carbocycles. The van der Waals surface area contributed by atoms with Crippen LogP contribution in [0.1, 0.15) is 48.5 Å². The van der Waals surface area contributed by atoms with Crippen LogP contribution in [0.25, 0.3) is 0 Å². The topological polar surface area (TPSA) is 48.0 Å². The number of likely N-dealkylation sites (N-methyl/N-ethyl adjacent to an activating group) is 1. The second kappa shape index (κ2) is 5.90. The number of amides is 1. The lowest BCUT2D eigenvalue weighted by Crippen LogP contribution is -2.58. The second-order valence-corrected chi connectivity index (χ2v) is 7.20. The van der Waals surface area contributed by atoms with E-state index in [1.54, 1.807) is 11.9 Å². The van der Waals surface area contributed by atoms with E-state index >= 15 is 0 Å². The van der Waals surface area contributed by atoms with E-state index in [4.69, 9.17) is 14.2 Å². The van der Waals surface area contributed by atoms with Gasteiger partial charge in [-0.2, -0.15) is 0 Å². The van der Waals surface area contributed by atoms with Crippen molar-refractivity contribution in [2.75, 3.05) is 13.7 Å². The molecule has 1 amide bonds. The number of hydrogen-bond acceptors (Lipinski definition) is 4. The molecule has 1 heterocycles. The molecule has 1 rings (SSSR count). The first-order valence-corrected chi connectivity index (χ1v) is 7.20. The Hall–Kier alpha value is -0.810. The lowest BCUT2D eigenvalue weighted by Gasteiger charge is -2.45. The highest BCUT2D eigenvalue weighted by Gasteiger charge is 2.42. The molecule has 2 unspecified atom stereocenters. The Bertz CT molecular complexity index is 346. The summed E-state index contributed by atoms with van der Waals surface area (Å²) in [5.41, 5.74) is -0.506. The summed E-state index contributed by atoms with van der Waals surface area (Å²) in [6, 6.07) is -0.141. The van der Waals surface area contributed by atoms with E-state index in [0.717, 1.165) is 0 Å². The van der Waals surface area contributed by atoms with Gasteiger partial charge < -0.3 is 19.1 Å². The molecule has 5 nitrogen and oxygen atoms in total. The maximum Gasteiger partial charge on any atom is 0.410 e. The van der Waals surface area contributed by atoms with Crippen molar-refractivity contribution in [3.05, 3.63) is 0 Å². The zero-order valence-corrected chi connectivity index (χ0v) is 14.0. The Morgan fingerprint density at radius 2 is 1.90 bits per heavy atom. The van der Waals surface area contributed by atoms with E-state index in [9.17, 15) is 4.79 Å². The van der Waals surface area contributed by atoms with Gasteiger partial charge in [0, 0.05) is 7.05 Å². The molecule has 0 N–H and O–H groups in total. The van der Waals surface area contributed by atoms with Crippen molar-refractivity contribution in [2.45, 2.75) is 72.0 Å². The summed E-state index contributed by atoms with van der Waals surface area (Å²) in [4.78, 5) is 13.8.